The molecular weight excluding hydrogens is 675 g/mol. The van der Waals surface area contributed by atoms with Crippen LogP contribution in [0.5, 0.6) is 5.75 Å². The molecule has 2 amide bonds. The maximum Gasteiger partial charge on any atom is 0.268 e. The molecule has 2 aliphatic heterocycles. The van der Waals surface area contributed by atoms with Gasteiger partial charge in [0.15, 0.2) is 13.9 Å². The molecule has 4 aromatic carbocycles. The highest BCUT2D eigenvalue weighted by molar-refractivity contribution is 6.71. The van der Waals surface area contributed by atoms with E-state index in [0.29, 0.717) is 52.6 Å². The molecule has 0 saturated carbocycles. The van der Waals surface area contributed by atoms with Crippen LogP contribution in [0.3, 0.4) is 0 Å². The van der Waals surface area contributed by atoms with E-state index in [0.717, 1.165) is 5.56 Å². The van der Waals surface area contributed by atoms with Crippen molar-refractivity contribution in [1.29, 1.82) is 0 Å². The fourth-order valence-corrected chi connectivity index (χ4v) is 10.6. The van der Waals surface area contributed by atoms with Crippen LogP contribution in [0.15, 0.2) is 109 Å². The Morgan fingerprint density at radius 2 is 1.71 bits per heavy atom. The number of methoxy groups -OCH3 is 1. The number of anilines is 3. The van der Waals surface area contributed by atoms with Crippen molar-refractivity contribution >= 4 is 37.2 Å². The molecule has 1 spiro atoms. The van der Waals surface area contributed by atoms with Gasteiger partial charge in [0, 0.05) is 46.7 Å². The number of aromatic nitrogens is 3. The van der Waals surface area contributed by atoms with Gasteiger partial charge in [-0.3, -0.25) is 19.2 Å². The summed E-state index contributed by atoms with van der Waals surface area (Å²) in [6.45, 7) is 6.10. The molecule has 1 unspecified atom stereocenters. The number of nitrogens with one attached hydrogen (secondary N) is 1. The van der Waals surface area contributed by atoms with Gasteiger partial charge in [-0.15, -0.1) is 5.10 Å². The van der Waals surface area contributed by atoms with Gasteiger partial charge in [-0.25, -0.2) is 0 Å². The van der Waals surface area contributed by atoms with E-state index in [9.17, 15) is 19.5 Å². The molecule has 12 heteroatoms. The summed E-state index contributed by atoms with van der Waals surface area (Å²) in [6, 6.07) is 31.5. The average molecular weight is 718 g/mol. The third-order valence-electron chi connectivity index (χ3n) is 10.5. The first kappa shape index (κ1) is 35.3. The maximum atomic E-state index is 14.9. The van der Waals surface area contributed by atoms with Crippen molar-refractivity contribution in [3.8, 4) is 5.75 Å². The van der Waals surface area contributed by atoms with E-state index in [2.05, 4.69) is 15.6 Å². The summed E-state index contributed by atoms with van der Waals surface area (Å²) in [5, 5.41) is 21.9. The molecule has 0 aliphatic carbocycles. The molecule has 3 heterocycles. The Labute approximate surface area is 304 Å². The first-order valence-electron chi connectivity index (χ1n) is 17.5. The summed E-state index contributed by atoms with van der Waals surface area (Å²) >= 11 is 0. The van der Waals surface area contributed by atoms with Gasteiger partial charge < -0.3 is 24.7 Å². The van der Waals surface area contributed by atoms with Crippen LogP contribution in [0.25, 0.3) is 0 Å². The molecule has 0 bridgehead atoms. The highest BCUT2D eigenvalue weighted by Crippen LogP contribution is 2.61. The number of rotatable bonds is 11. The average Bonchev–Trinajstić information content (AvgIpc) is 3.81. The van der Waals surface area contributed by atoms with Gasteiger partial charge in [-0.05, 0) is 79.7 Å². The molecule has 3 N–H and O–H groups in total. The Hall–Kier alpha value is -5.14. The van der Waals surface area contributed by atoms with Crippen LogP contribution in [0.2, 0.25) is 18.6 Å². The topological polar surface area (TPSA) is 139 Å². The van der Waals surface area contributed by atoms with Crippen molar-refractivity contribution in [2.75, 3.05) is 23.9 Å². The lowest BCUT2D eigenvalue weighted by atomic mass is 9.82. The molecule has 7 rings (SSSR count). The molecule has 2 aliphatic rings. The van der Waals surface area contributed by atoms with Crippen LogP contribution < -0.4 is 15.0 Å². The van der Waals surface area contributed by atoms with E-state index < -0.39 is 25.9 Å². The molecule has 11 nitrogen and oxygen atoms in total. The third-order valence-corrected chi connectivity index (χ3v) is 13.0. The number of para-hydroxylation sites is 1. The van der Waals surface area contributed by atoms with E-state index in [-0.39, 0.29) is 29.9 Å². The molecule has 1 aromatic heterocycles. The Bertz CT molecular complexity index is 2050. The number of fused-ring (bicyclic) bond motifs is 2. The summed E-state index contributed by atoms with van der Waals surface area (Å²) in [5.41, 5.74) is 2.86. The fourth-order valence-electron chi connectivity index (χ4n) is 8.03. The van der Waals surface area contributed by atoms with E-state index in [4.69, 9.17) is 9.47 Å². The second kappa shape index (κ2) is 14.1. The smallest absolute Gasteiger partial charge is 0.268 e. The van der Waals surface area contributed by atoms with Crippen molar-refractivity contribution in [3.05, 3.63) is 132 Å². The Morgan fingerprint density at radius 1 is 1.02 bits per heavy atom. The van der Waals surface area contributed by atoms with Gasteiger partial charge in [-0.2, -0.15) is 0 Å². The number of ether oxygens (including phenoxy) is 2. The van der Waals surface area contributed by atoms with Crippen molar-refractivity contribution in [2.45, 2.75) is 56.1 Å². The van der Waals surface area contributed by atoms with Gasteiger partial charge in [0.1, 0.15) is 5.75 Å². The monoisotopic (exact) mass is 717 g/mol. The normalized spacial score (nSPS) is 21.7. The lowest BCUT2D eigenvalue weighted by Crippen LogP contribution is -2.45. The number of benzene rings is 4. The summed E-state index contributed by atoms with van der Waals surface area (Å²) in [4.78, 5) is 41.7. The van der Waals surface area contributed by atoms with Gasteiger partial charge in [0.05, 0.1) is 37.1 Å². The summed E-state index contributed by atoms with van der Waals surface area (Å²) in [5.74, 6) is -0.604. The predicted molar refractivity (Wildman–Crippen MR) is 200 cm³/mol. The van der Waals surface area contributed by atoms with Crippen molar-refractivity contribution in [1.82, 2.24) is 15.0 Å². The minimum absolute atomic E-state index is 0.108. The van der Waals surface area contributed by atoms with Gasteiger partial charge in [-0.1, -0.05) is 60.7 Å². The van der Waals surface area contributed by atoms with Gasteiger partial charge in [0.2, 0.25) is 0 Å². The lowest BCUT2D eigenvalue weighted by Gasteiger charge is -2.32. The van der Waals surface area contributed by atoms with Crippen LogP contribution in [0, 0.1) is 5.92 Å². The van der Waals surface area contributed by atoms with Crippen molar-refractivity contribution in [2.24, 2.45) is 5.92 Å². The molecule has 268 valence electrons. The second-order valence-corrected chi connectivity index (χ2v) is 18.1. The van der Waals surface area contributed by atoms with Crippen molar-refractivity contribution in [3.63, 3.8) is 0 Å². The zero-order valence-corrected chi connectivity index (χ0v) is 30.6. The third kappa shape index (κ3) is 6.32. The number of aryl methyl sites for hydroxylation is 1. The zero-order valence-electron chi connectivity index (χ0n) is 29.6. The quantitative estimate of drug-likeness (QED) is 0.137. The molecule has 5 aromatic rings. The maximum absolute atomic E-state index is 14.9. The first-order valence-corrected chi connectivity index (χ1v) is 20.5. The summed E-state index contributed by atoms with van der Waals surface area (Å²) < 4.78 is 14.0. The minimum atomic E-state index is -2.94. The Morgan fingerprint density at radius 3 is 2.37 bits per heavy atom. The predicted octanol–water partition coefficient (Wildman–Crippen LogP) is 6.23. The Kier molecular flexibility index (Phi) is 9.57. The van der Waals surface area contributed by atoms with E-state index in [1.165, 1.54) is 0 Å². The molecule has 52 heavy (non-hydrogen) atoms. The van der Waals surface area contributed by atoms with Crippen molar-refractivity contribution < 1.29 is 29.0 Å². The highest BCUT2D eigenvalue weighted by Gasteiger charge is 2.66. The Balaban J connectivity index is 1.22. The number of aliphatic hydroxyl groups excluding tert-OH is 1. The number of carbonyl (C=O) groups is 2. The highest BCUT2D eigenvalue weighted by atomic mass is 28.4. The zero-order chi connectivity index (χ0) is 36.6. The number of carbonyl (C=O) groups excluding carboxylic acids is 2. The standard InChI is InChI=1S/C40H43N5O6Si/c1-26-37(52(3,4)49)36(21-22-44-24-34(42-43-44)32(25-46)27-11-7-5-8-12-27)51-40(26)33-23-29(41-38(47)28-15-18-31(50-2)19-16-28)17-20-35(33)45(39(40)48)30-13-9-6-10-14-30/h5-20,23-24,26,32,36-37,46,49H,21-22,25H2,1-4H3,(H,41,47)/t26-,32?,36+,37-,40+/m0/s1. The number of nitrogens with zero attached hydrogens (tertiary/aromatic N) is 4. The molecule has 5 atom stereocenters. The SMILES string of the molecule is COc1ccc(C(=O)Nc2ccc3c(c2)[C@@]2(O[C@H](CCn4cc(C(CO)c5ccccc5)nn4)[C@@H]([Si](C)(C)O)[C@@H]2C)C(=O)N3c2ccccc2)cc1. The van der Waals surface area contributed by atoms with Crippen LogP contribution in [-0.4, -0.2) is 64.8 Å². The number of hydrogen-bond donors (Lipinski definition) is 3. The molecule has 1 saturated heterocycles. The lowest BCUT2D eigenvalue weighted by molar-refractivity contribution is -0.145. The van der Waals surface area contributed by atoms with Crippen LogP contribution in [0.1, 0.15) is 46.4 Å². The van der Waals surface area contributed by atoms with Gasteiger partial charge >= 0.3 is 0 Å². The molecule has 0 radical (unpaired) electrons. The summed E-state index contributed by atoms with van der Waals surface area (Å²) in [7, 11) is -1.37. The molecular formula is C40H43N5O6Si. The van der Waals surface area contributed by atoms with Crippen LogP contribution >= 0.6 is 0 Å². The number of aliphatic hydroxyl groups is 1. The van der Waals surface area contributed by atoms with E-state index in [1.807, 2.05) is 99.0 Å². The molecule has 1 fully saturated rings. The second-order valence-electron chi connectivity index (χ2n) is 14.1. The first-order chi connectivity index (χ1) is 25.0. The number of amides is 2. The fraction of sp³-hybridized carbons (Fsp3) is 0.300. The number of hydrogen-bond acceptors (Lipinski definition) is 8. The minimum Gasteiger partial charge on any atom is -0.497 e. The van der Waals surface area contributed by atoms with Crippen LogP contribution in [0.4, 0.5) is 17.1 Å². The largest absolute Gasteiger partial charge is 0.497 e. The van der Waals surface area contributed by atoms with E-state index in [1.54, 1.807) is 47.0 Å². The van der Waals surface area contributed by atoms with E-state index >= 15 is 0 Å². The summed E-state index contributed by atoms with van der Waals surface area (Å²) in [6.07, 6.45) is 1.82. The van der Waals surface area contributed by atoms with Crippen LogP contribution in [-0.2, 0) is 21.7 Å². The van der Waals surface area contributed by atoms with Gasteiger partial charge in [0.25, 0.3) is 11.8 Å².